The van der Waals surface area contributed by atoms with Crippen LogP contribution in [0.15, 0.2) is 46.9 Å². The highest BCUT2D eigenvalue weighted by atomic mass is 35.5. The molecule has 0 saturated carbocycles. The summed E-state index contributed by atoms with van der Waals surface area (Å²) in [6.07, 6.45) is 0.948. The Hall–Kier alpha value is -2.02. The van der Waals surface area contributed by atoms with Gasteiger partial charge < -0.3 is 8.60 Å². The molecule has 2 aromatic carbocycles. The quantitative estimate of drug-likeness (QED) is 0.494. The van der Waals surface area contributed by atoms with Gasteiger partial charge in [-0.2, -0.15) is 8.42 Å². The molecule has 0 amide bonds. The van der Waals surface area contributed by atoms with Crippen LogP contribution < -0.4 is 4.18 Å². The van der Waals surface area contributed by atoms with E-state index in [1.54, 1.807) is 6.07 Å². The average Bonchev–Trinajstić information content (AvgIpc) is 2.88. The van der Waals surface area contributed by atoms with Gasteiger partial charge in [0.1, 0.15) is 11.3 Å². The van der Waals surface area contributed by atoms with Crippen LogP contribution in [0.5, 0.6) is 5.75 Å². The van der Waals surface area contributed by atoms with Crippen molar-refractivity contribution in [1.82, 2.24) is 0 Å². The van der Waals surface area contributed by atoms with Gasteiger partial charge in [0, 0.05) is 16.0 Å². The Morgan fingerprint density at radius 1 is 1.08 bits per heavy atom. The Morgan fingerprint density at radius 2 is 1.83 bits per heavy atom. The summed E-state index contributed by atoms with van der Waals surface area (Å²) in [4.78, 5) is 12.5. The second kappa shape index (κ2) is 6.12. The monoisotopic (exact) mass is 384 g/mol. The third-order valence-electron chi connectivity index (χ3n) is 3.13. The topological polar surface area (TPSA) is 73.6 Å². The van der Waals surface area contributed by atoms with E-state index in [-0.39, 0.29) is 22.1 Å². The van der Waals surface area contributed by atoms with Crippen LogP contribution in [0.1, 0.15) is 16.1 Å². The van der Waals surface area contributed by atoms with Gasteiger partial charge in [-0.25, -0.2) is 0 Å². The van der Waals surface area contributed by atoms with Crippen LogP contribution in [0.2, 0.25) is 10.0 Å². The number of ketones is 1. The molecule has 1 aromatic heterocycles. The Kier molecular flexibility index (Phi) is 4.29. The standard InChI is InChI=1S/C16H10Cl2O5S/c1-24(20,21)23-11-3-5-14-9(6-11)7-15(22-14)16(19)12-4-2-10(17)8-13(12)18/h2-8H,1H3. The third-order valence-corrected chi connectivity index (χ3v) is 4.18. The minimum Gasteiger partial charge on any atom is -0.453 e. The van der Waals surface area contributed by atoms with Crippen molar-refractivity contribution in [3.8, 4) is 5.75 Å². The predicted octanol–water partition coefficient (Wildman–Crippen LogP) is 4.31. The zero-order chi connectivity index (χ0) is 17.5. The molecule has 24 heavy (non-hydrogen) atoms. The average molecular weight is 385 g/mol. The van der Waals surface area contributed by atoms with Crippen molar-refractivity contribution in [3.05, 3.63) is 63.8 Å². The van der Waals surface area contributed by atoms with Gasteiger partial charge >= 0.3 is 10.1 Å². The maximum atomic E-state index is 12.5. The molecule has 5 nitrogen and oxygen atoms in total. The fourth-order valence-corrected chi connectivity index (χ4v) is 3.11. The van der Waals surface area contributed by atoms with Crippen LogP contribution >= 0.6 is 23.2 Å². The fourth-order valence-electron chi connectivity index (χ4n) is 2.17. The number of rotatable bonds is 4. The van der Waals surface area contributed by atoms with Gasteiger partial charge in [0.25, 0.3) is 0 Å². The highest BCUT2D eigenvalue weighted by Gasteiger charge is 2.18. The number of carbonyl (C=O) groups excluding carboxylic acids is 1. The zero-order valence-electron chi connectivity index (χ0n) is 12.2. The number of hydrogen-bond acceptors (Lipinski definition) is 5. The highest BCUT2D eigenvalue weighted by molar-refractivity contribution is 7.86. The summed E-state index contributed by atoms with van der Waals surface area (Å²) in [5.41, 5.74) is 0.678. The zero-order valence-corrected chi connectivity index (χ0v) is 14.6. The molecular formula is C16H10Cl2O5S. The molecule has 3 rings (SSSR count). The molecule has 0 aliphatic heterocycles. The van der Waals surface area contributed by atoms with Gasteiger partial charge in [-0.1, -0.05) is 23.2 Å². The van der Waals surface area contributed by atoms with Gasteiger partial charge in [0.05, 0.1) is 11.3 Å². The van der Waals surface area contributed by atoms with E-state index < -0.39 is 15.9 Å². The van der Waals surface area contributed by atoms with Crippen molar-refractivity contribution >= 4 is 50.1 Å². The first kappa shape index (κ1) is 16.8. The summed E-state index contributed by atoms with van der Waals surface area (Å²) in [6, 6.07) is 10.5. The molecule has 3 aromatic rings. The van der Waals surface area contributed by atoms with Gasteiger partial charge in [0.2, 0.25) is 5.78 Å². The first-order chi connectivity index (χ1) is 11.2. The van der Waals surface area contributed by atoms with Crippen LogP contribution in [0.3, 0.4) is 0 Å². The van der Waals surface area contributed by atoms with Gasteiger partial charge in [0.15, 0.2) is 5.76 Å². The van der Waals surface area contributed by atoms with Gasteiger partial charge in [-0.3, -0.25) is 4.79 Å². The molecule has 0 atom stereocenters. The largest absolute Gasteiger partial charge is 0.453 e. The molecular weight excluding hydrogens is 375 g/mol. The van der Waals surface area contributed by atoms with Crippen molar-refractivity contribution < 1.29 is 21.8 Å². The Labute approximate surface area is 147 Å². The molecule has 0 N–H and O–H groups in total. The van der Waals surface area contributed by atoms with Crippen LogP contribution in [0, 0.1) is 0 Å². The maximum absolute atomic E-state index is 12.5. The van der Waals surface area contributed by atoms with E-state index in [4.69, 9.17) is 31.8 Å². The summed E-state index contributed by atoms with van der Waals surface area (Å²) >= 11 is 11.9. The molecule has 8 heteroatoms. The van der Waals surface area contributed by atoms with Crippen LogP contribution in [-0.2, 0) is 10.1 Å². The van der Waals surface area contributed by atoms with E-state index in [2.05, 4.69) is 0 Å². The molecule has 0 aliphatic carbocycles. The van der Waals surface area contributed by atoms with Crippen molar-refractivity contribution in [2.75, 3.05) is 6.26 Å². The van der Waals surface area contributed by atoms with E-state index in [9.17, 15) is 13.2 Å². The van der Waals surface area contributed by atoms with Crippen LogP contribution in [-0.4, -0.2) is 20.5 Å². The lowest BCUT2D eigenvalue weighted by molar-refractivity contribution is 0.101. The highest BCUT2D eigenvalue weighted by Crippen LogP contribution is 2.28. The number of halogens is 2. The predicted molar refractivity (Wildman–Crippen MR) is 91.6 cm³/mol. The van der Waals surface area contributed by atoms with Gasteiger partial charge in [-0.05, 0) is 42.5 Å². The maximum Gasteiger partial charge on any atom is 0.306 e. The Balaban J connectivity index is 1.99. The Morgan fingerprint density at radius 3 is 2.50 bits per heavy atom. The van der Waals surface area contributed by atoms with E-state index in [0.29, 0.717) is 16.0 Å². The molecule has 1 heterocycles. The number of carbonyl (C=O) groups is 1. The summed E-state index contributed by atoms with van der Waals surface area (Å²) in [6.45, 7) is 0. The molecule has 0 saturated heterocycles. The molecule has 0 aliphatic rings. The SMILES string of the molecule is CS(=O)(=O)Oc1ccc2oc(C(=O)c3ccc(Cl)cc3Cl)cc2c1. The molecule has 0 spiro atoms. The summed E-state index contributed by atoms with van der Waals surface area (Å²) in [5, 5.41) is 1.17. The number of hydrogen-bond donors (Lipinski definition) is 0. The van der Waals surface area contributed by atoms with Crippen molar-refractivity contribution in [2.45, 2.75) is 0 Å². The lowest BCUT2D eigenvalue weighted by Crippen LogP contribution is -2.05. The number of furan rings is 1. The van der Waals surface area contributed by atoms with Crippen molar-refractivity contribution in [1.29, 1.82) is 0 Å². The first-order valence-electron chi connectivity index (χ1n) is 6.66. The number of fused-ring (bicyclic) bond motifs is 1. The van der Waals surface area contributed by atoms with Gasteiger partial charge in [-0.15, -0.1) is 0 Å². The Bertz CT molecular complexity index is 1050. The molecule has 124 valence electrons. The smallest absolute Gasteiger partial charge is 0.306 e. The molecule has 0 radical (unpaired) electrons. The van der Waals surface area contributed by atoms with E-state index in [1.807, 2.05) is 0 Å². The lowest BCUT2D eigenvalue weighted by atomic mass is 10.1. The van der Waals surface area contributed by atoms with Crippen molar-refractivity contribution in [2.24, 2.45) is 0 Å². The van der Waals surface area contributed by atoms with E-state index >= 15 is 0 Å². The fraction of sp³-hybridized carbons (Fsp3) is 0.0625. The third kappa shape index (κ3) is 3.56. The first-order valence-corrected chi connectivity index (χ1v) is 9.23. The number of benzene rings is 2. The van der Waals surface area contributed by atoms with Crippen LogP contribution in [0.25, 0.3) is 11.0 Å². The normalized spacial score (nSPS) is 11.6. The van der Waals surface area contributed by atoms with Crippen LogP contribution in [0.4, 0.5) is 0 Å². The summed E-state index contributed by atoms with van der Waals surface area (Å²) in [5.74, 6) is -0.196. The minimum absolute atomic E-state index is 0.0747. The summed E-state index contributed by atoms with van der Waals surface area (Å²) in [7, 11) is -3.64. The minimum atomic E-state index is -3.64. The second-order valence-electron chi connectivity index (χ2n) is 5.05. The van der Waals surface area contributed by atoms with Crippen molar-refractivity contribution in [3.63, 3.8) is 0 Å². The lowest BCUT2D eigenvalue weighted by Gasteiger charge is -2.01. The molecule has 0 bridgehead atoms. The van der Waals surface area contributed by atoms with E-state index in [0.717, 1.165) is 6.26 Å². The second-order valence-corrected chi connectivity index (χ2v) is 7.47. The summed E-state index contributed by atoms with van der Waals surface area (Å²) < 4.78 is 32.7. The van der Waals surface area contributed by atoms with E-state index in [1.165, 1.54) is 36.4 Å². The molecule has 0 unspecified atom stereocenters. The molecule has 0 fully saturated rings.